The van der Waals surface area contributed by atoms with Crippen LogP contribution in [0.15, 0.2) is 5.38 Å². The number of aryl methyl sites for hydroxylation is 1. The number of hydrogen-bond donors (Lipinski definition) is 0. The highest BCUT2D eigenvalue weighted by Gasteiger charge is 2.31. The maximum atomic E-state index is 12.3. The molecule has 1 aliphatic heterocycles. The summed E-state index contributed by atoms with van der Waals surface area (Å²) in [7, 11) is 0. The lowest BCUT2D eigenvalue weighted by Crippen LogP contribution is -2.49. The van der Waals surface area contributed by atoms with E-state index in [1.165, 1.54) is 4.90 Å². The first-order chi connectivity index (χ1) is 9.96. The van der Waals surface area contributed by atoms with E-state index in [9.17, 15) is 13.2 Å². The molecule has 1 fully saturated rings. The monoisotopic (exact) mass is 341 g/mol. The molecule has 2 heterocycles. The molecule has 2 rings (SSSR count). The van der Waals surface area contributed by atoms with E-state index >= 15 is 0 Å². The number of piperazine rings is 1. The van der Waals surface area contributed by atoms with E-state index in [1.54, 1.807) is 11.3 Å². The highest BCUT2D eigenvalue weighted by atomic mass is 35.5. The fourth-order valence-corrected chi connectivity index (χ4v) is 3.47. The van der Waals surface area contributed by atoms with Gasteiger partial charge in [-0.15, -0.1) is 22.9 Å². The quantitative estimate of drug-likeness (QED) is 0.741. The van der Waals surface area contributed by atoms with E-state index in [-0.39, 0.29) is 0 Å². The predicted octanol–water partition coefficient (Wildman–Crippen LogP) is 2.99. The Labute approximate surface area is 131 Å². The summed E-state index contributed by atoms with van der Waals surface area (Å²) < 4.78 is 36.9. The Hall–Kier alpha value is -0.370. The van der Waals surface area contributed by atoms with Crippen molar-refractivity contribution in [1.82, 2.24) is 14.8 Å². The second kappa shape index (κ2) is 7.76. The maximum Gasteiger partial charge on any atom is 0.401 e. The molecule has 0 amide bonds. The molecule has 0 radical (unpaired) electrons. The lowest BCUT2D eigenvalue weighted by atomic mass is 10.2. The van der Waals surface area contributed by atoms with Gasteiger partial charge in [-0.2, -0.15) is 13.2 Å². The van der Waals surface area contributed by atoms with Crippen molar-refractivity contribution in [2.45, 2.75) is 24.9 Å². The van der Waals surface area contributed by atoms with Gasteiger partial charge in [0, 0.05) is 38.0 Å². The Balaban J connectivity index is 1.62. The van der Waals surface area contributed by atoms with E-state index in [1.807, 2.05) is 5.38 Å². The molecule has 0 atom stereocenters. The van der Waals surface area contributed by atoms with Gasteiger partial charge in [-0.1, -0.05) is 0 Å². The van der Waals surface area contributed by atoms with Crippen molar-refractivity contribution in [3.8, 4) is 0 Å². The SMILES string of the molecule is FC(F)(F)CN1CCN(CCCc2nc(CCl)cs2)CC1. The number of alkyl halides is 4. The summed E-state index contributed by atoms with van der Waals surface area (Å²) in [4.78, 5) is 8.10. The van der Waals surface area contributed by atoms with Crippen molar-refractivity contribution in [1.29, 1.82) is 0 Å². The van der Waals surface area contributed by atoms with Gasteiger partial charge in [0.25, 0.3) is 0 Å². The number of aromatic nitrogens is 1. The zero-order chi connectivity index (χ0) is 15.3. The molecule has 8 heteroatoms. The molecule has 1 aromatic heterocycles. The Bertz CT molecular complexity index is 431. The first-order valence-corrected chi connectivity index (χ1v) is 8.38. The lowest BCUT2D eigenvalue weighted by molar-refractivity contribution is -0.149. The Morgan fingerprint density at radius 2 is 1.86 bits per heavy atom. The molecule has 1 aromatic rings. The molecule has 120 valence electrons. The minimum absolute atomic E-state index is 0.442. The minimum Gasteiger partial charge on any atom is -0.301 e. The van der Waals surface area contributed by atoms with Gasteiger partial charge in [0.2, 0.25) is 0 Å². The molecule has 0 N–H and O–H groups in total. The summed E-state index contributed by atoms with van der Waals surface area (Å²) in [5.74, 6) is 0.442. The van der Waals surface area contributed by atoms with Gasteiger partial charge in [0.1, 0.15) is 0 Å². The van der Waals surface area contributed by atoms with E-state index in [0.29, 0.717) is 32.1 Å². The van der Waals surface area contributed by atoms with Gasteiger partial charge < -0.3 is 4.90 Å². The van der Waals surface area contributed by atoms with Crippen molar-refractivity contribution < 1.29 is 13.2 Å². The van der Waals surface area contributed by atoms with E-state index in [2.05, 4.69) is 9.88 Å². The molecule has 1 aliphatic rings. The first kappa shape index (κ1) is 17.0. The molecule has 0 bridgehead atoms. The highest BCUT2D eigenvalue weighted by molar-refractivity contribution is 7.09. The van der Waals surface area contributed by atoms with Gasteiger partial charge in [0.15, 0.2) is 0 Å². The van der Waals surface area contributed by atoms with Crippen LogP contribution in [0.25, 0.3) is 0 Å². The number of hydrogen-bond acceptors (Lipinski definition) is 4. The molecule has 1 saturated heterocycles. The molecule has 0 aliphatic carbocycles. The standard InChI is InChI=1S/C13H19ClF3N3S/c14-8-11-9-21-12(18-11)2-1-3-19-4-6-20(7-5-19)10-13(15,16)17/h9H,1-8,10H2. The Morgan fingerprint density at radius 3 is 2.43 bits per heavy atom. The molecule has 0 saturated carbocycles. The van der Waals surface area contributed by atoms with Crippen LogP contribution in [-0.2, 0) is 12.3 Å². The third-order valence-electron chi connectivity index (χ3n) is 3.47. The third-order valence-corrected chi connectivity index (χ3v) is 4.70. The molecule has 0 spiro atoms. The van der Waals surface area contributed by atoms with Crippen LogP contribution in [0.3, 0.4) is 0 Å². The zero-order valence-electron chi connectivity index (χ0n) is 11.7. The van der Waals surface area contributed by atoms with E-state index in [0.717, 1.165) is 30.1 Å². The fourth-order valence-electron chi connectivity index (χ4n) is 2.40. The molecule has 21 heavy (non-hydrogen) atoms. The largest absolute Gasteiger partial charge is 0.401 e. The molecular weight excluding hydrogens is 323 g/mol. The number of nitrogens with zero attached hydrogens (tertiary/aromatic N) is 3. The van der Waals surface area contributed by atoms with Crippen molar-refractivity contribution >= 4 is 22.9 Å². The zero-order valence-corrected chi connectivity index (χ0v) is 13.3. The minimum atomic E-state index is -4.09. The van der Waals surface area contributed by atoms with Crippen LogP contribution in [0, 0.1) is 0 Å². The summed E-state index contributed by atoms with van der Waals surface area (Å²) in [6.07, 6.45) is -2.20. The van der Waals surface area contributed by atoms with E-state index < -0.39 is 12.7 Å². The van der Waals surface area contributed by atoms with Crippen molar-refractivity contribution in [2.24, 2.45) is 0 Å². The third kappa shape index (κ3) is 6.10. The number of halogens is 4. The van der Waals surface area contributed by atoms with Crippen LogP contribution >= 0.6 is 22.9 Å². The van der Waals surface area contributed by atoms with Gasteiger partial charge in [0.05, 0.1) is 23.1 Å². The van der Waals surface area contributed by atoms with Crippen LogP contribution in [0.2, 0.25) is 0 Å². The Kier molecular flexibility index (Phi) is 6.28. The van der Waals surface area contributed by atoms with Gasteiger partial charge in [-0.3, -0.25) is 4.90 Å². The van der Waals surface area contributed by atoms with Gasteiger partial charge in [-0.05, 0) is 13.0 Å². The van der Waals surface area contributed by atoms with Crippen LogP contribution in [0.4, 0.5) is 13.2 Å². The summed E-state index contributed by atoms with van der Waals surface area (Å²) in [6.45, 7) is 2.53. The fraction of sp³-hybridized carbons (Fsp3) is 0.769. The average Bonchev–Trinajstić information content (AvgIpc) is 2.87. The van der Waals surface area contributed by atoms with Crippen LogP contribution in [0.5, 0.6) is 0 Å². The molecule has 3 nitrogen and oxygen atoms in total. The molecule has 0 aromatic carbocycles. The average molecular weight is 342 g/mol. The van der Waals surface area contributed by atoms with Crippen LogP contribution in [-0.4, -0.2) is 60.2 Å². The maximum absolute atomic E-state index is 12.3. The predicted molar refractivity (Wildman–Crippen MR) is 78.9 cm³/mol. The number of thiazole rings is 1. The normalized spacial score (nSPS) is 18.3. The van der Waals surface area contributed by atoms with Gasteiger partial charge >= 0.3 is 6.18 Å². The second-order valence-corrected chi connectivity index (χ2v) is 6.41. The molecular formula is C13H19ClF3N3S. The van der Waals surface area contributed by atoms with E-state index in [4.69, 9.17) is 11.6 Å². The smallest absolute Gasteiger partial charge is 0.301 e. The summed E-state index contributed by atoms with van der Waals surface area (Å²) in [6, 6.07) is 0. The summed E-state index contributed by atoms with van der Waals surface area (Å²) in [5.41, 5.74) is 0.914. The topological polar surface area (TPSA) is 19.4 Å². The molecule has 0 unspecified atom stereocenters. The van der Waals surface area contributed by atoms with Crippen molar-refractivity contribution in [3.63, 3.8) is 0 Å². The highest BCUT2D eigenvalue weighted by Crippen LogP contribution is 2.18. The number of rotatable bonds is 6. The summed E-state index contributed by atoms with van der Waals surface area (Å²) in [5, 5.41) is 3.06. The van der Waals surface area contributed by atoms with Gasteiger partial charge in [-0.25, -0.2) is 4.98 Å². The Morgan fingerprint density at radius 1 is 1.19 bits per heavy atom. The second-order valence-electron chi connectivity index (χ2n) is 5.20. The van der Waals surface area contributed by atoms with Crippen LogP contribution < -0.4 is 0 Å². The lowest BCUT2D eigenvalue weighted by Gasteiger charge is -2.34. The van der Waals surface area contributed by atoms with Crippen molar-refractivity contribution in [2.75, 3.05) is 39.3 Å². The van der Waals surface area contributed by atoms with Crippen molar-refractivity contribution in [3.05, 3.63) is 16.1 Å². The summed E-state index contributed by atoms with van der Waals surface area (Å²) >= 11 is 7.33. The van der Waals surface area contributed by atoms with Crippen LogP contribution in [0.1, 0.15) is 17.1 Å². The first-order valence-electron chi connectivity index (χ1n) is 6.97.